The monoisotopic (exact) mass is 500 g/mol. The number of amides is 1. The molecule has 4 aromatic rings. The lowest BCUT2D eigenvalue weighted by Crippen LogP contribution is -2.50. The van der Waals surface area contributed by atoms with E-state index in [0.29, 0.717) is 24.2 Å². The standard InChI is InChI=1S/C28H32N6O3/c1-2-28(10-9-23-20-6-3-4-7-21(20)27(36)32-31-23)16-19(17-28)30-26(35)22-18-29-34-11-5-8-24(25(22)34)33-12-14-37-15-13-33/h3-8,11,18-19H,2,9-10,12-17H2,1H3,(H,30,35)(H,32,36). The Morgan fingerprint density at radius 3 is 2.73 bits per heavy atom. The summed E-state index contributed by atoms with van der Waals surface area (Å²) in [5.41, 5.74) is 3.42. The maximum absolute atomic E-state index is 13.4. The summed E-state index contributed by atoms with van der Waals surface area (Å²) in [6.45, 7) is 5.18. The molecule has 4 heterocycles. The largest absolute Gasteiger partial charge is 0.378 e. The molecule has 0 atom stereocenters. The molecule has 1 aromatic carbocycles. The first-order valence-corrected chi connectivity index (χ1v) is 13.1. The number of fused-ring (bicyclic) bond motifs is 2. The van der Waals surface area contributed by atoms with E-state index in [4.69, 9.17) is 4.74 Å². The third-order valence-electron chi connectivity index (χ3n) is 8.23. The number of morpholine rings is 1. The Hall–Kier alpha value is -3.72. The summed E-state index contributed by atoms with van der Waals surface area (Å²) in [7, 11) is 0. The molecule has 1 aliphatic heterocycles. The van der Waals surface area contributed by atoms with Gasteiger partial charge in [-0.2, -0.15) is 10.2 Å². The number of rotatable bonds is 7. The maximum atomic E-state index is 13.4. The van der Waals surface area contributed by atoms with Crippen LogP contribution in [0.2, 0.25) is 0 Å². The van der Waals surface area contributed by atoms with Gasteiger partial charge in [0.25, 0.3) is 11.5 Å². The summed E-state index contributed by atoms with van der Waals surface area (Å²) in [4.78, 5) is 27.7. The number of pyridine rings is 1. The van der Waals surface area contributed by atoms with Gasteiger partial charge in [-0.3, -0.25) is 9.59 Å². The number of H-pyrrole nitrogens is 1. The van der Waals surface area contributed by atoms with Crippen molar-refractivity contribution >= 4 is 27.9 Å². The Balaban J connectivity index is 1.14. The number of hydrogen-bond acceptors (Lipinski definition) is 6. The number of hydrogen-bond donors (Lipinski definition) is 2. The molecule has 3 aromatic heterocycles. The van der Waals surface area contributed by atoms with Crippen LogP contribution in [0.1, 0.15) is 48.7 Å². The van der Waals surface area contributed by atoms with E-state index in [1.54, 1.807) is 10.7 Å². The average molecular weight is 501 g/mol. The number of nitrogens with one attached hydrogen (secondary N) is 2. The molecule has 9 heteroatoms. The number of aryl methyl sites for hydroxylation is 1. The Kier molecular flexibility index (Phi) is 6.16. The van der Waals surface area contributed by atoms with Crippen LogP contribution in [-0.2, 0) is 11.2 Å². The summed E-state index contributed by atoms with van der Waals surface area (Å²) in [5.74, 6) is -0.0706. The van der Waals surface area contributed by atoms with Gasteiger partial charge >= 0.3 is 0 Å². The van der Waals surface area contributed by atoms with Gasteiger partial charge in [-0.1, -0.05) is 31.5 Å². The number of ether oxygens (including phenoxy) is 1. The van der Waals surface area contributed by atoms with Gasteiger partial charge in [-0.15, -0.1) is 0 Å². The van der Waals surface area contributed by atoms with Crippen molar-refractivity contribution < 1.29 is 9.53 Å². The molecule has 6 rings (SSSR count). The first-order chi connectivity index (χ1) is 18.1. The predicted octanol–water partition coefficient (Wildman–Crippen LogP) is 3.33. The first kappa shape index (κ1) is 23.7. The smallest absolute Gasteiger partial charge is 0.272 e. The minimum Gasteiger partial charge on any atom is -0.378 e. The molecule has 1 saturated carbocycles. The molecular formula is C28H32N6O3. The molecule has 1 aliphatic carbocycles. The molecule has 1 amide bonds. The highest BCUT2D eigenvalue weighted by molar-refractivity contribution is 6.04. The highest BCUT2D eigenvalue weighted by atomic mass is 16.5. The van der Waals surface area contributed by atoms with Crippen molar-refractivity contribution in [2.75, 3.05) is 31.2 Å². The number of nitrogens with zero attached hydrogens (tertiary/aromatic N) is 4. The molecule has 2 fully saturated rings. The van der Waals surface area contributed by atoms with Crippen LogP contribution in [0.5, 0.6) is 0 Å². The average Bonchev–Trinajstić information content (AvgIpc) is 3.36. The Labute approximate surface area is 214 Å². The van der Waals surface area contributed by atoms with Crippen molar-refractivity contribution in [3.63, 3.8) is 0 Å². The van der Waals surface area contributed by atoms with Crippen molar-refractivity contribution in [2.45, 2.75) is 45.1 Å². The third-order valence-corrected chi connectivity index (χ3v) is 8.23. The van der Waals surface area contributed by atoms with E-state index >= 15 is 0 Å². The van der Waals surface area contributed by atoms with Gasteiger partial charge in [0.15, 0.2) is 0 Å². The van der Waals surface area contributed by atoms with E-state index in [-0.39, 0.29) is 22.9 Å². The quantitative estimate of drug-likeness (QED) is 0.403. The number of aromatic nitrogens is 4. The lowest BCUT2D eigenvalue weighted by molar-refractivity contribution is 0.0572. The molecule has 0 unspecified atom stereocenters. The van der Waals surface area contributed by atoms with Crippen LogP contribution in [0.25, 0.3) is 16.3 Å². The molecule has 0 radical (unpaired) electrons. The molecule has 1 saturated heterocycles. The zero-order valence-electron chi connectivity index (χ0n) is 21.1. The topological polar surface area (TPSA) is 105 Å². The fourth-order valence-electron chi connectivity index (χ4n) is 6.02. The van der Waals surface area contributed by atoms with E-state index in [1.165, 1.54) is 0 Å². The minimum atomic E-state index is -0.152. The van der Waals surface area contributed by atoms with Crippen LogP contribution in [0.4, 0.5) is 5.69 Å². The summed E-state index contributed by atoms with van der Waals surface area (Å²) in [6.07, 6.45) is 8.24. The van der Waals surface area contributed by atoms with Crippen LogP contribution in [0.15, 0.2) is 53.6 Å². The van der Waals surface area contributed by atoms with Gasteiger partial charge in [-0.05, 0) is 49.3 Å². The second-order valence-electron chi connectivity index (χ2n) is 10.3. The molecule has 9 nitrogen and oxygen atoms in total. The van der Waals surface area contributed by atoms with Crippen LogP contribution in [0.3, 0.4) is 0 Å². The van der Waals surface area contributed by atoms with Crippen LogP contribution < -0.4 is 15.8 Å². The predicted molar refractivity (Wildman–Crippen MR) is 142 cm³/mol. The summed E-state index contributed by atoms with van der Waals surface area (Å²) in [6, 6.07) is 11.8. The van der Waals surface area contributed by atoms with E-state index < -0.39 is 0 Å². The van der Waals surface area contributed by atoms with Gasteiger partial charge < -0.3 is 15.0 Å². The maximum Gasteiger partial charge on any atom is 0.272 e. The van der Waals surface area contributed by atoms with Gasteiger partial charge in [0.1, 0.15) is 5.52 Å². The van der Waals surface area contributed by atoms with E-state index in [2.05, 4.69) is 38.5 Å². The zero-order chi connectivity index (χ0) is 25.4. The molecule has 0 bridgehead atoms. The van der Waals surface area contributed by atoms with Crippen molar-refractivity contribution in [3.05, 3.63) is 70.4 Å². The van der Waals surface area contributed by atoms with Gasteiger partial charge in [0, 0.05) is 30.7 Å². The third kappa shape index (κ3) is 4.37. The second-order valence-corrected chi connectivity index (χ2v) is 10.3. The molecule has 0 spiro atoms. The number of benzene rings is 1. The number of aromatic amines is 1. The summed E-state index contributed by atoms with van der Waals surface area (Å²) >= 11 is 0. The SMILES string of the molecule is CCC1(CCc2n[nH]c(=O)c3ccccc23)CC(NC(=O)c2cnn3cccc(N4CCOCC4)c23)C1. The number of anilines is 1. The molecule has 37 heavy (non-hydrogen) atoms. The Morgan fingerprint density at radius 1 is 1.16 bits per heavy atom. The van der Waals surface area contributed by atoms with Crippen molar-refractivity contribution in [3.8, 4) is 0 Å². The lowest BCUT2D eigenvalue weighted by atomic mass is 9.61. The first-order valence-electron chi connectivity index (χ1n) is 13.1. The highest BCUT2D eigenvalue weighted by Crippen LogP contribution is 2.48. The van der Waals surface area contributed by atoms with Crippen molar-refractivity contribution in [1.29, 1.82) is 0 Å². The van der Waals surface area contributed by atoms with Crippen molar-refractivity contribution in [1.82, 2.24) is 25.1 Å². The normalized spacial score (nSPS) is 21.8. The van der Waals surface area contributed by atoms with Crippen LogP contribution >= 0.6 is 0 Å². The second kappa shape index (κ2) is 9.63. The molecular weight excluding hydrogens is 468 g/mol. The summed E-state index contributed by atoms with van der Waals surface area (Å²) < 4.78 is 7.30. The Bertz CT molecular complexity index is 1500. The minimum absolute atomic E-state index is 0.0706. The number of carbonyl (C=O) groups is 1. The van der Waals surface area contributed by atoms with Gasteiger partial charge in [-0.25, -0.2) is 9.61 Å². The fraction of sp³-hybridized carbons (Fsp3) is 0.429. The van der Waals surface area contributed by atoms with E-state index in [1.807, 2.05) is 36.5 Å². The molecule has 2 aliphatic rings. The molecule has 192 valence electrons. The highest BCUT2D eigenvalue weighted by Gasteiger charge is 2.43. The van der Waals surface area contributed by atoms with Gasteiger partial charge in [0.2, 0.25) is 0 Å². The zero-order valence-corrected chi connectivity index (χ0v) is 21.1. The fourth-order valence-corrected chi connectivity index (χ4v) is 6.02. The van der Waals surface area contributed by atoms with Crippen LogP contribution in [0, 0.1) is 5.41 Å². The van der Waals surface area contributed by atoms with Crippen molar-refractivity contribution in [2.24, 2.45) is 5.41 Å². The molecule has 2 N–H and O–H groups in total. The lowest BCUT2D eigenvalue weighted by Gasteiger charge is -2.48. The number of carbonyl (C=O) groups excluding carboxylic acids is 1. The van der Waals surface area contributed by atoms with Gasteiger partial charge in [0.05, 0.1) is 41.7 Å². The van der Waals surface area contributed by atoms with E-state index in [9.17, 15) is 9.59 Å². The summed E-state index contributed by atoms with van der Waals surface area (Å²) in [5, 5.41) is 16.3. The van der Waals surface area contributed by atoms with Crippen LogP contribution in [-0.4, -0.2) is 58.1 Å². The van der Waals surface area contributed by atoms with E-state index in [0.717, 1.165) is 67.5 Å². The Morgan fingerprint density at radius 2 is 1.95 bits per heavy atom.